The molecule has 3 nitrogen and oxygen atoms in total. The minimum Gasteiger partial charge on any atom is -0.462 e. The molecule has 1 fully saturated rings. The first-order chi connectivity index (χ1) is 10.2. The largest absolute Gasteiger partial charge is 0.462 e. The van der Waals surface area contributed by atoms with E-state index < -0.39 is 0 Å². The zero-order valence-corrected chi connectivity index (χ0v) is 14.2. The lowest BCUT2D eigenvalue weighted by atomic mass is 9.87. The summed E-state index contributed by atoms with van der Waals surface area (Å²) in [6, 6.07) is 5.57. The molecule has 1 aromatic rings. The molecule has 0 aromatic heterocycles. The average molecular weight is 354 g/mol. The van der Waals surface area contributed by atoms with Crippen molar-refractivity contribution in [1.82, 2.24) is 0 Å². The highest BCUT2D eigenvalue weighted by Gasteiger charge is 2.13. The number of esters is 1. The Morgan fingerprint density at radius 1 is 1.33 bits per heavy atom. The van der Waals surface area contributed by atoms with Gasteiger partial charge in [-0.3, -0.25) is 0 Å². The molecule has 0 spiro atoms. The Kier molecular flexibility index (Phi) is 6.55. The van der Waals surface area contributed by atoms with Gasteiger partial charge in [-0.1, -0.05) is 32.1 Å². The van der Waals surface area contributed by atoms with Crippen LogP contribution in [0, 0.1) is 5.92 Å². The second-order valence-corrected chi connectivity index (χ2v) is 6.49. The van der Waals surface area contributed by atoms with Crippen LogP contribution in [0.25, 0.3) is 0 Å². The van der Waals surface area contributed by atoms with E-state index in [0.29, 0.717) is 12.2 Å². The van der Waals surface area contributed by atoms with Gasteiger partial charge in [0.15, 0.2) is 0 Å². The molecule has 0 unspecified atom stereocenters. The van der Waals surface area contributed by atoms with Crippen LogP contribution in [-0.4, -0.2) is 19.1 Å². The predicted molar refractivity (Wildman–Crippen MR) is 89.8 cm³/mol. The molecule has 0 atom stereocenters. The van der Waals surface area contributed by atoms with Gasteiger partial charge >= 0.3 is 5.97 Å². The van der Waals surface area contributed by atoms with E-state index in [0.717, 1.165) is 22.6 Å². The lowest BCUT2D eigenvalue weighted by Gasteiger charge is -2.21. The molecule has 0 saturated heterocycles. The summed E-state index contributed by atoms with van der Waals surface area (Å²) in [6.45, 7) is 3.20. The molecule has 21 heavy (non-hydrogen) atoms. The number of nitrogens with one attached hydrogen (secondary N) is 1. The van der Waals surface area contributed by atoms with Crippen molar-refractivity contribution in [1.29, 1.82) is 0 Å². The van der Waals surface area contributed by atoms with Crippen LogP contribution in [0.3, 0.4) is 0 Å². The van der Waals surface area contributed by atoms with Gasteiger partial charge in [-0.15, -0.1) is 0 Å². The molecule has 4 heteroatoms. The Morgan fingerprint density at radius 2 is 2.10 bits per heavy atom. The third kappa shape index (κ3) is 5.03. The lowest BCUT2D eigenvalue weighted by molar-refractivity contribution is 0.0526. The quantitative estimate of drug-likeness (QED) is 0.730. The van der Waals surface area contributed by atoms with E-state index >= 15 is 0 Å². The van der Waals surface area contributed by atoms with Crippen LogP contribution in [0.4, 0.5) is 5.69 Å². The van der Waals surface area contributed by atoms with Crippen LogP contribution < -0.4 is 5.32 Å². The van der Waals surface area contributed by atoms with Crippen molar-refractivity contribution in [2.45, 2.75) is 45.4 Å². The molecule has 0 heterocycles. The van der Waals surface area contributed by atoms with Crippen molar-refractivity contribution < 1.29 is 9.53 Å². The van der Waals surface area contributed by atoms with Crippen molar-refractivity contribution in [3.8, 4) is 0 Å². The third-order valence-corrected chi connectivity index (χ3v) is 4.73. The average Bonchev–Trinajstić information content (AvgIpc) is 2.50. The SMILES string of the molecule is CCOC(=O)c1ccc(NCCC2CCCCC2)c(Br)c1. The van der Waals surface area contributed by atoms with Crippen molar-refractivity contribution >= 4 is 27.6 Å². The molecule has 0 aliphatic heterocycles. The smallest absolute Gasteiger partial charge is 0.338 e. The molecular weight excluding hydrogens is 330 g/mol. The first-order valence-electron chi connectivity index (χ1n) is 7.91. The Hall–Kier alpha value is -1.03. The van der Waals surface area contributed by atoms with Crippen molar-refractivity contribution in [2.24, 2.45) is 5.92 Å². The number of carbonyl (C=O) groups excluding carboxylic acids is 1. The van der Waals surface area contributed by atoms with Crippen molar-refractivity contribution in [3.63, 3.8) is 0 Å². The number of benzene rings is 1. The zero-order chi connectivity index (χ0) is 15.1. The van der Waals surface area contributed by atoms with Gasteiger partial charge < -0.3 is 10.1 Å². The number of hydrogen-bond acceptors (Lipinski definition) is 3. The van der Waals surface area contributed by atoms with Crippen LogP contribution in [0.15, 0.2) is 22.7 Å². The summed E-state index contributed by atoms with van der Waals surface area (Å²) in [5.74, 6) is 0.607. The van der Waals surface area contributed by atoms with E-state index in [1.54, 1.807) is 0 Å². The summed E-state index contributed by atoms with van der Waals surface area (Å²) in [5.41, 5.74) is 1.63. The summed E-state index contributed by atoms with van der Waals surface area (Å²) in [7, 11) is 0. The second kappa shape index (κ2) is 8.42. The zero-order valence-electron chi connectivity index (χ0n) is 12.7. The molecule has 1 aliphatic carbocycles. The van der Waals surface area contributed by atoms with Crippen LogP contribution in [0.5, 0.6) is 0 Å². The van der Waals surface area contributed by atoms with Gasteiger partial charge in [0.05, 0.1) is 12.2 Å². The van der Waals surface area contributed by atoms with Gasteiger partial charge in [0.25, 0.3) is 0 Å². The second-order valence-electron chi connectivity index (χ2n) is 5.63. The summed E-state index contributed by atoms with van der Waals surface area (Å²) in [5, 5.41) is 3.46. The minimum atomic E-state index is -0.271. The van der Waals surface area contributed by atoms with Gasteiger partial charge in [0.2, 0.25) is 0 Å². The normalized spacial score (nSPS) is 15.7. The highest BCUT2D eigenvalue weighted by molar-refractivity contribution is 9.10. The monoisotopic (exact) mass is 353 g/mol. The fourth-order valence-electron chi connectivity index (χ4n) is 2.89. The molecule has 1 saturated carbocycles. The fourth-order valence-corrected chi connectivity index (χ4v) is 3.41. The van der Waals surface area contributed by atoms with Gasteiger partial charge in [0, 0.05) is 16.7 Å². The minimum absolute atomic E-state index is 0.271. The Bertz CT molecular complexity index is 470. The molecule has 1 N–H and O–H groups in total. The van der Waals surface area contributed by atoms with Crippen LogP contribution in [0.1, 0.15) is 55.8 Å². The molecule has 0 radical (unpaired) electrons. The Labute approximate surface area is 135 Å². The summed E-state index contributed by atoms with van der Waals surface area (Å²) < 4.78 is 5.92. The van der Waals surface area contributed by atoms with Gasteiger partial charge in [-0.05, 0) is 53.4 Å². The maximum Gasteiger partial charge on any atom is 0.338 e. The van der Waals surface area contributed by atoms with Crippen molar-refractivity contribution in [3.05, 3.63) is 28.2 Å². The summed E-state index contributed by atoms with van der Waals surface area (Å²) in [4.78, 5) is 11.7. The summed E-state index contributed by atoms with van der Waals surface area (Å²) >= 11 is 3.52. The number of rotatable bonds is 6. The van der Waals surface area contributed by atoms with Gasteiger partial charge in [-0.25, -0.2) is 4.79 Å². The topological polar surface area (TPSA) is 38.3 Å². The number of hydrogen-bond donors (Lipinski definition) is 1. The Balaban J connectivity index is 1.84. The lowest BCUT2D eigenvalue weighted by Crippen LogP contribution is -2.12. The predicted octanol–water partition coefficient (Wildman–Crippen LogP) is 5.01. The van der Waals surface area contributed by atoms with E-state index in [9.17, 15) is 4.79 Å². The number of carbonyl (C=O) groups is 1. The summed E-state index contributed by atoms with van der Waals surface area (Å²) in [6.07, 6.45) is 8.18. The van der Waals surface area contributed by atoms with E-state index in [1.807, 2.05) is 25.1 Å². The molecule has 1 aliphatic rings. The molecular formula is C17H24BrNO2. The van der Waals surface area contributed by atoms with E-state index in [-0.39, 0.29) is 5.97 Å². The van der Waals surface area contributed by atoms with Gasteiger partial charge in [-0.2, -0.15) is 0 Å². The van der Waals surface area contributed by atoms with Crippen LogP contribution in [-0.2, 0) is 4.74 Å². The maximum absolute atomic E-state index is 11.7. The molecule has 2 rings (SSSR count). The first kappa shape index (κ1) is 16.3. The van der Waals surface area contributed by atoms with E-state index in [2.05, 4.69) is 21.2 Å². The van der Waals surface area contributed by atoms with Gasteiger partial charge in [0.1, 0.15) is 0 Å². The standard InChI is InChI=1S/C17H24BrNO2/c1-2-21-17(20)14-8-9-16(15(18)12-14)19-11-10-13-6-4-3-5-7-13/h8-9,12-13,19H,2-7,10-11H2,1H3. The highest BCUT2D eigenvalue weighted by Crippen LogP contribution is 2.27. The van der Waals surface area contributed by atoms with Crippen LogP contribution in [0.2, 0.25) is 0 Å². The molecule has 116 valence electrons. The van der Waals surface area contributed by atoms with E-state index in [1.165, 1.54) is 38.5 Å². The first-order valence-corrected chi connectivity index (χ1v) is 8.70. The molecule has 0 amide bonds. The number of halogens is 1. The maximum atomic E-state index is 11.7. The highest BCUT2D eigenvalue weighted by atomic mass is 79.9. The van der Waals surface area contributed by atoms with Crippen LogP contribution >= 0.6 is 15.9 Å². The molecule has 0 bridgehead atoms. The van der Waals surface area contributed by atoms with E-state index in [4.69, 9.17) is 4.74 Å². The molecule has 1 aromatic carbocycles. The number of ether oxygens (including phenoxy) is 1. The fraction of sp³-hybridized carbons (Fsp3) is 0.588. The third-order valence-electron chi connectivity index (χ3n) is 4.07. The number of anilines is 1. The Morgan fingerprint density at radius 3 is 2.76 bits per heavy atom. The van der Waals surface area contributed by atoms with Crippen molar-refractivity contribution in [2.75, 3.05) is 18.5 Å².